The van der Waals surface area contributed by atoms with Crippen LogP contribution in [-0.4, -0.2) is 108 Å². The zero-order valence-electron chi connectivity index (χ0n) is 27.1. The van der Waals surface area contributed by atoms with Gasteiger partial charge in [0, 0.05) is 44.8 Å². The molecule has 1 saturated carbocycles. The fourth-order valence-electron chi connectivity index (χ4n) is 5.70. The summed E-state index contributed by atoms with van der Waals surface area (Å²) < 4.78 is 5.91. The van der Waals surface area contributed by atoms with Gasteiger partial charge >= 0.3 is 6.09 Å². The van der Waals surface area contributed by atoms with Crippen molar-refractivity contribution in [3.8, 4) is 12.3 Å². The van der Waals surface area contributed by atoms with Crippen LogP contribution >= 0.6 is 11.3 Å². The number of carbonyl (C=O) groups is 3. The zero-order chi connectivity index (χ0) is 33.5. The van der Waals surface area contributed by atoms with E-state index >= 15 is 0 Å². The molecule has 2 aromatic rings. The molecule has 11 nitrogen and oxygen atoms in total. The molecule has 0 radical (unpaired) electrons. The molecule has 0 spiro atoms. The predicted octanol–water partition coefficient (Wildman–Crippen LogP) is 2.61. The number of benzene rings is 1. The van der Waals surface area contributed by atoms with E-state index in [0.717, 1.165) is 32.1 Å². The molecule has 1 aromatic carbocycles. The lowest BCUT2D eigenvalue weighted by Gasteiger charge is -2.36. The summed E-state index contributed by atoms with van der Waals surface area (Å²) in [6.45, 7) is 0.937. The van der Waals surface area contributed by atoms with E-state index in [2.05, 4.69) is 21.5 Å². The third kappa shape index (κ3) is 11.8. The molecule has 1 heterocycles. The number of aromatic nitrogens is 1. The SMILES string of the molecule is C#CC[C@H](O)[C@H](O)[C@H](CC1CCCCC1)NC(=O)[C@@H](Cc1cscn1)N[C@](C=O)(Cc1ccccc1)OC(=O)N(C)CCN(C)C. The molecular formula is C34H49N5O6S. The molecule has 1 aliphatic rings. The van der Waals surface area contributed by atoms with E-state index in [-0.39, 0.29) is 25.2 Å². The zero-order valence-corrected chi connectivity index (χ0v) is 28.0. The van der Waals surface area contributed by atoms with Crippen LogP contribution in [-0.2, 0) is 27.2 Å². The average molecular weight is 656 g/mol. The lowest BCUT2D eigenvalue weighted by atomic mass is 9.82. The third-order valence-corrected chi connectivity index (χ3v) is 9.00. The number of ether oxygens (including phenoxy) is 1. The number of nitrogens with one attached hydrogen (secondary N) is 2. The van der Waals surface area contributed by atoms with Crippen LogP contribution in [0.1, 0.15) is 56.2 Å². The Kier molecular flexibility index (Phi) is 15.1. The van der Waals surface area contributed by atoms with Crippen molar-refractivity contribution in [2.75, 3.05) is 34.2 Å². The number of nitrogens with zero attached hydrogens (tertiary/aromatic N) is 3. The fraction of sp³-hybridized carbons (Fsp3) is 0.588. The quantitative estimate of drug-likeness (QED) is 0.108. The third-order valence-electron chi connectivity index (χ3n) is 8.37. The van der Waals surface area contributed by atoms with E-state index in [0.29, 0.717) is 37.1 Å². The fourth-order valence-corrected chi connectivity index (χ4v) is 6.27. The maximum absolute atomic E-state index is 14.1. The first-order valence-corrected chi connectivity index (χ1v) is 16.8. The molecule has 1 aromatic heterocycles. The van der Waals surface area contributed by atoms with Crippen LogP contribution in [0.15, 0.2) is 41.2 Å². The second kappa shape index (κ2) is 18.7. The Morgan fingerprint density at radius 3 is 2.50 bits per heavy atom. The number of carbonyl (C=O) groups excluding carboxylic acids is 3. The maximum Gasteiger partial charge on any atom is 0.411 e. The van der Waals surface area contributed by atoms with Gasteiger partial charge in [-0.15, -0.1) is 23.7 Å². The van der Waals surface area contributed by atoms with Gasteiger partial charge in [0.15, 0.2) is 6.29 Å². The van der Waals surface area contributed by atoms with Gasteiger partial charge in [0.25, 0.3) is 0 Å². The topological polar surface area (TPSA) is 144 Å². The van der Waals surface area contributed by atoms with Gasteiger partial charge in [-0.1, -0.05) is 62.4 Å². The normalized spacial score (nSPS) is 17.6. The van der Waals surface area contributed by atoms with Crippen molar-refractivity contribution in [2.45, 2.75) is 87.8 Å². The molecule has 12 heteroatoms. The van der Waals surface area contributed by atoms with Crippen LogP contribution in [0, 0.1) is 18.3 Å². The lowest BCUT2D eigenvalue weighted by molar-refractivity contribution is -0.135. The van der Waals surface area contributed by atoms with Crippen LogP contribution < -0.4 is 10.6 Å². The summed E-state index contributed by atoms with van der Waals surface area (Å²) in [6.07, 6.45) is 8.32. The van der Waals surface area contributed by atoms with Crippen molar-refractivity contribution in [2.24, 2.45) is 5.92 Å². The van der Waals surface area contributed by atoms with Crippen LogP contribution in [0.5, 0.6) is 0 Å². The Labute approximate surface area is 276 Å². The highest BCUT2D eigenvalue weighted by molar-refractivity contribution is 7.07. The first-order valence-electron chi connectivity index (χ1n) is 15.9. The average Bonchev–Trinajstić information content (AvgIpc) is 3.56. The van der Waals surface area contributed by atoms with E-state index in [1.54, 1.807) is 17.9 Å². The second-order valence-corrected chi connectivity index (χ2v) is 13.2. The number of amides is 2. The van der Waals surface area contributed by atoms with Crippen LogP contribution in [0.25, 0.3) is 0 Å². The van der Waals surface area contributed by atoms with Gasteiger partial charge in [-0.3, -0.25) is 14.9 Å². The molecule has 2 amide bonds. The molecule has 1 fully saturated rings. The summed E-state index contributed by atoms with van der Waals surface area (Å²) in [7, 11) is 5.36. The van der Waals surface area contributed by atoms with Gasteiger partial charge in [0.05, 0.1) is 29.4 Å². The standard InChI is InChI=1S/C34H49N5O6S/c1-5-12-30(41)31(42)28(19-25-13-8-6-9-14-25)36-32(43)29(20-27-22-46-24-35-27)37-34(23-40,21-26-15-10-7-11-16-26)45-33(44)39(4)18-17-38(2)3/h1,7,10-11,15-16,22-25,28-31,37,41-42H,6,8-9,12-14,17-21H2,2-4H3,(H,36,43)/t28-,29+,30-,31+,34+/m0/s1. The minimum atomic E-state index is -1.91. The van der Waals surface area contributed by atoms with Crippen molar-refractivity contribution in [3.05, 3.63) is 52.5 Å². The molecule has 1 aliphatic carbocycles. The van der Waals surface area contributed by atoms with Gasteiger partial charge in [-0.25, -0.2) is 9.78 Å². The number of terminal acetylenes is 1. The molecule has 0 bridgehead atoms. The lowest BCUT2D eigenvalue weighted by Crippen LogP contribution is -2.63. The van der Waals surface area contributed by atoms with Gasteiger partial charge in [0.2, 0.25) is 11.6 Å². The number of likely N-dealkylation sites (N-methyl/N-ethyl adjacent to an activating group) is 2. The Bertz CT molecular complexity index is 1250. The van der Waals surface area contributed by atoms with Crippen molar-refractivity contribution >= 4 is 29.6 Å². The van der Waals surface area contributed by atoms with Gasteiger partial charge < -0.3 is 30.1 Å². The summed E-state index contributed by atoms with van der Waals surface area (Å²) in [6, 6.07) is 7.19. The van der Waals surface area contributed by atoms with Crippen molar-refractivity contribution in [3.63, 3.8) is 0 Å². The van der Waals surface area contributed by atoms with Crippen LogP contribution in [0.3, 0.4) is 0 Å². The van der Waals surface area contributed by atoms with E-state index in [9.17, 15) is 24.6 Å². The van der Waals surface area contributed by atoms with Gasteiger partial charge in [-0.2, -0.15) is 0 Å². The number of hydrogen-bond donors (Lipinski definition) is 4. The minimum Gasteiger partial charge on any atom is -0.420 e. The summed E-state index contributed by atoms with van der Waals surface area (Å²) in [4.78, 5) is 48.1. The van der Waals surface area contributed by atoms with Crippen LogP contribution in [0.4, 0.5) is 4.79 Å². The van der Waals surface area contributed by atoms with E-state index < -0.39 is 42.0 Å². The number of aliphatic hydroxyl groups excluding tert-OH is 2. The molecule has 46 heavy (non-hydrogen) atoms. The number of hydrogen-bond acceptors (Lipinski definition) is 10. The molecule has 3 rings (SSSR count). The first kappa shape index (κ1) is 37.1. The largest absolute Gasteiger partial charge is 0.420 e. The predicted molar refractivity (Wildman–Crippen MR) is 178 cm³/mol. The van der Waals surface area contributed by atoms with E-state index in [1.807, 2.05) is 49.3 Å². The monoisotopic (exact) mass is 655 g/mol. The van der Waals surface area contributed by atoms with Crippen molar-refractivity contribution in [1.82, 2.24) is 25.4 Å². The highest BCUT2D eigenvalue weighted by Gasteiger charge is 2.41. The summed E-state index contributed by atoms with van der Waals surface area (Å²) in [5.41, 5.74) is 1.04. The Balaban J connectivity index is 1.93. The second-order valence-electron chi connectivity index (χ2n) is 12.5. The van der Waals surface area contributed by atoms with Gasteiger partial charge in [-0.05, 0) is 32.0 Å². The van der Waals surface area contributed by atoms with Crippen molar-refractivity contribution in [1.29, 1.82) is 0 Å². The molecule has 252 valence electrons. The van der Waals surface area contributed by atoms with Gasteiger partial charge in [0.1, 0.15) is 6.10 Å². The minimum absolute atomic E-state index is 0.0412. The van der Waals surface area contributed by atoms with E-state index in [1.165, 1.54) is 16.2 Å². The Morgan fingerprint density at radius 1 is 1.17 bits per heavy atom. The Hall–Kier alpha value is -3.34. The summed E-state index contributed by atoms with van der Waals surface area (Å²) >= 11 is 1.37. The molecule has 4 N–H and O–H groups in total. The highest BCUT2D eigenvalue weighted by atomic mass is 32.1. The molecule has 0 aliphatic heterocycles. The van der Waals surface area contributed by atoms with Crippen LogP contribution in [0.2, 0.25) is 0 Å². The number of thiazole rings is 1. The summed E-state index contributed by atoms with van der Waals surface area (Å²) in [5.74, 6) is 2.12. The molecule has 0 unspecified atom stereocenters. The molecule has 0 saturated heterocycles. The smallest absolute Gasteiger partial charge is 0.411 e. The molecule has 5 atom stereocenters. The number of rotatable bonds is 18. The highest BCUT2D eigenvalue weighted by Crippen LogP contribution is 2.29. The maximum atomic E-state index is 14.1. The number of aldehydes is 1. The Morgan fingerprint density at radius 2 is 1.89 bits per heavy atom. The summed E-state index contributed by atoms with van der Waals surface area (Å²) in [5, 5.41) is 29.6. The first-order chi connectivity index (χ1) is 22.1. The molecular weight excluding hydrogens is 606 g/mol. The van der Waals surface area contributed by atoms with Crippen molar-refractivity contribution < 1.29 is 29.3 Å². The number of aliphatic hydroxyl groups is 2. The van der Waals surface area contributed by atoms with E-state index in [4.69, 9.17) is 11.2 Å².